The Morgan fingerprint density at radius 3 is 2.47 bits per heavy atom. The lowest BCUT2D eigenvalue weighted by atomic mass is 10.1. The van der Waals surface area contributed by atoms with E-state index in [-0.39, 0.29) is 23.8 Å². The molecule has 3 aromatic carbocycles. The number of anilines is 2. The molecular formula is C26H19BrF3N3O3. The lowest BCUT2D eigenvalue weighted by Crippen LogP contribution is -2.20. The smallest absolute Gasteiger partial charge is 0.416 e. The predicted molar refractivity (Wildman–Crippen MR) is 133 cm³/mol. The van der Waals surface area contributed by atoms with E-state index in [1.165, 1.54) is 12.1 Å². The molecule has 0 atom stereocenters. The van der Waals surface area contributed by atoms with E-state index >= 15 is 0 Å². The number of hydrogen-bond donors (Lipinski definition) is 2. The molecule has 10 heteroatoms. The SMILES string of the molecule is Cc1ccccc1NC(=O)COc1ccc(/C=C(\C#N)C(=O)Nc2cccc(C(F)(F)F)c2)cc1Br. The number of carbonyl (C=O) groups is 2. The number of alkyl halides is 3. The highest BCUT2D eigenvalue weighted by molar-refractivity contribution is 9.10. The largest absolute Gasteiger partial charge is 0.483 e. The van der Waals surface area contributed by atoms with Gasteiger partial charge in [-0.25, -0.2) is 0 Å². The van der Waals surface area contributed by atoms with Crippen molar-refractivity contribution in [1.29, 1.82) is 5.26 Å². The van der Waals surface area contributed by atoms with Gasteiger partial charge in [-0.15, -0.1) is 0 Å². The highest BCUT2D eigenvalue weighted by Gasteiger charge is 2.30. The minimum atomic E-state index is -4.56. The molecule has 0 aliphatic rings. The fourth-order valence-corrected chi connectivity index (χ4v) is 3.56. The summed E-state index contributed by atoms with van der Waals surface area (Å²) in [4.78, 5) is 24.6. The van der Waals surface area contributed by atoms with Crippen LogP contribution in [0.5, 0.6) is 5.75 Å². The number of aryl methyl sites for hydroxylation is 1. The third-order valence-electron chi connectivity index (χ3n) is 4.86. The fraction of sp³-hybridized carbons (Fsp3) is 0.115. The first kappa shape index (κ1) is 26.5. The second kappa shape index (κ2) is 11.6. The first-order valence-electron chi connectivity index (χ1n) is 10.4. The van der Waals surface area contributed by atoms with Gasteiger partial charge >= 0.3 is 6.18 Å². The lowest BCUT2D eigenvalue weighted by molar-refractivity contribution is -0.137. The van der Waals surface area contributed by atoms with Gasteiger partial charge in [0.25, 0.3) is 11.8 Å². The van der Waals surface area contributed by atoms with Crippen molar-refractivity contribution < 1.29 is 27.5 Å². The van der Waals surface area contributed by atoms with Gasteiger partial charge in [0, 0.05) is 11.4 Å². The van der Waals surface area contributed by atoms with E-state index in [0.29, 0.717) is 21.5 Å². The summed E-state index contributed by atoms with van der Waals surface area (Å²) in [6.45, 7) is 1.62. The Morgan fingerprint density at radius 1 is 1.06 bits per heavy atom. The van der Waals surface area contributed by atoms with Crippen molar-refractivity contribution in [2.45, 2.75) is 13.1 Å². The van der Waals surface area contributed by atoms with Crippen molar-refractivity contribution in [2.24, 2.45) is 0 Å². The van der Waals surface area contributed by atoms with Gasteiger partial charge in [0.05, 0.1) is 10.0 Å². The van der Waals surface area contributed by atoms with Crippen LogP contribution in [0.2, 0.25) is 0 Å². The summed E-state index contributed by atoms with van der Waals surface area (Å²) in [5, 5.41) is 14.4. The first-order valence-corrected chi connectivity index (χ1v) is 11.2. The van der Waals surface area contributed by atoms with E-state index in [4.69, 9.17) is 4.74 Å². The van der Waals surface area contributed by atoms with Crippen LogP contribution in [-0.2, 0) is 15.8 Å². The Balaban J connectivity index is 1.66. The van der Waals surface area contributed by atoms with Gasteiger partial charge in [-0.3, -0.25) is 9.59 Å². The number of benzene rings is 3. The first-order chi connectivity index (χ1) is 17.1. The van der Waals surface area contributed by atoms with Crippen LogP contribution in [0.1, 0.15) is 16.7 Å². The number of nitrogens with zero attached hydrogens (tertiary/aromatic N) is 1. The zero-order valence-corrected chi connectivity index (χ0v) is 20.4. The number of nitrogens with one attached hydrogen (secondary N) is 2. The van der Waals surface area contributed by atoms with E-state index in [1.807, 2.05) is 25.1 Å². The standard InChI is InChI=1S/C26H19BrF3N3O3/c1-16-5-2-3-8-22(16)33-24(34)15-36-23-10-9-17(12-21(23)27)11-18(14-31)25(35)32-20-7-4-6-19(13-20)26(28,29)30/h2-13H,15H2,1H3,(H,32,35)(H,33,34)/b18-11+. The molecule has 2 N–H and O–H groups in total. The lowest BCUT2D eigenvalue weighted by Gasteiger charge is -2.11. The van der Waals surface area contributed by atoms with Gasteiger partial charge in [-0.2, -0.15) is 18.4 Å². The molecule has 0 bridgehead atoms. The van der Waals surface area contributed by atoms with E-state index in [0.717, 1.165) is 23.8 Å². The minimum absolute atomic E-state index is 0.0927. The van der Waals surface area contributed by atoms with Gasteiger partial charge in [0.2, 0.25) is 0 Å². The van der Waals surface area contributed by atoms with Crippen molar-refractivity contribution in [2.75, 3.05) is 17.2 Å². The molecule has 6 nitrogen and oxygen atoms in total. The summed E-state index contributed by atoms with van der Waals surface area (Å²) in [7, 11) is 0. The average Bonchev–Trinajstić information content (AvgIpc) is 2.83. The van der Waals surface area contributed by atoms with Gasteiger partial charge in [-0.1, -0.05) is 30.3 Å². The third-order valence-corrected chi connectivity index (χ3v) is 5.48. The second-order valence-electron chi connectivity index (χ2n) is 7.54. The molecular weight excluding hydrogens is 539 g/mol. The minimum Gasteiger partial charge on any atom is -0.483 e. The van der Waals surface area contributed by atoms with Crippen LogP contribution in [0.15, 0.2) is 76.8 Å². The van der Waals surface area contributed by atoms with Crippen LogP contribution in [0, 0.1) is 18.3 Å². The molecule has 0 saturated heterocycles. The molecule has 0 fully saturated rings. The van der Waals surface area contributed by atoms with E-state index in [1.54, 1.807) is 30.3 Å². The molecule has 184 valence electrons. The molecule has 0 saturated carbocycles. The van der Waals surface area contributed by atoms with Crippen molar-refractivity contribution in [3.8, 4) is 11.8 Å². The van der Waals surface area contributed by atoms with Crippen LogP contribution in [0.25, 0.3) is 6.08 Å². The Labute approximate surface area is 213 Å². The molecule has 0 radical (unpaired) electrons. The van der Waals surface area contributed by atoms with Crippen LogP contribution >= 0.6 is 15.9 Å². The molecule has 3 rings (SSSR count). The quantitative estimate of drug-likeness (QED) is 0.262. The summed E-state index contributed by atoms with van der Waals surface area (Å²) < 4.78 is 44.7. The van der Waals surface area contributed by atoms with Crippen molar-refractivity contribution in [3.63, 3.8) is 0 Å². The van der Waals surface area contributed by atoms with Crippen molar-refractivity contribution >= 4 is 45.2 Å². The number of amides is 2. The third kappa shape index (κ3) is 7.20. The molecule has 2 amide bonds. The predicted octanol–water partition coefficient (Wildman–Crippen LogP) is 6.34. The molecule has 36 heavy (non-hydrogen) atoms. The van der Waals surface area contributed by atoms with Crippen LogP contribution in [-0.4, -0.2) is 18.4 Å². The molecule has 0 aromatic heterocycles. The van der Waals surface area contributed by atoms with Crippen LogP contribution in [0.3, 0.4) is 0 Å². The summed E-state index contributed by atoms with van der Waals surface area (Å²) in [6.07, 6.45) is -3.28. The summed E-state index contributed by atoms with van der Waals surface area (Å²) in [5.74, 6) is -0.849. The molecule has 0 heterocycles. The molecule has 0 unspecified atom stereocenters. The number of para-hydroxylation sites is 1. The zero-order valence-electron chi connectivity index (χ0n) is 18.8. The molecule has 0 spiro atoms. The van der Waals surface area contributed by atoms with Gasteiger partial charge in [-0.05, 0) is 76.5 Å². The number of carbonyl (C=O) groups excluding carboxylic acids is 2. The summed E-state index contributed by atoms with van der Waals surface area (Å²) >= 11 is 3.33. The van der Waals surface area contributed by atoms with E-state index in [9.17, 15) is 28.0 Å². The van der Waals surface area contributed by atoms with E-state index in [2.05, 4.69) is 26.6 Å². The number of ether oxygens (including phenoxy) is 1. The number of nitriles is 1. The zero-order chi connectivity index (χ0) is 26.3. The van der Waals surface area contributed by atoms with Gasteiger partial charge in [0.1, 0.15) is 17.4 Å². The Hall–Kier alpha value is -4.10. The van der Waals surface area contributed by atoms with Crippen LogP contribution in [0.4, 0.5) is 24.5 Å². The number of hydrogen-bond acceptors (Lipinski definition) is 4. The highest BCUT2D eigenvalue weighted by atomic mass is 79.9. The molecule has 3 aromatic rings. The maximum atomic E-state index is 12.9. The Morgan fingerprint density at radius 2 is 1.81 bits per heavy atom. The maximum Gasteiger partial charge on any atom is 0.416 e. The Kier molecular flexibility index (Phi) is 8.51. The summed E-state index contributed by atoms with van der Waals surface area (Å²) in [6, 6.07) is 17.9. The van der Waals surface area contributed by atoms with Crippen molar-refractivity contribution in [1.82, 2.24) is 0 Å². The van der Waals surface area contributed by atoms with Crippen molar-refractivity contribution in [3.05, 3.63) is 93.5 Å². The van der Waals surface area contributed by atoms with Gasteiger partial charge in [0.15, 0.2) is 6.61 Å². The highest BCUT2D eigenvalue weighted by Crippen LogP contribution is 2.31. The topological polar surface area (TPSA) is 91.2 Å². The van der Waals surface area contributed by atoms with E-state index < -0.39 is 17.6 Å². The summed E-state index contributed by atoms with van der Waals surface area (Å²) in [5.41, 5.74) is 0.714. The fourth-order valence-electron chi connectivity index (χ4n) is 3.05. The Bertz CT molecular complexity index is 1360. The number of halogens is 4. The second-order valence-corrected chi connectivity index (χ2v) is 8.40. The molecule has 0 aliphatic heterocycles. The average molecular weight is 558 g/mol. The normalized spacial score (nSPS) is 11.4. The molecule has 0 aliphatic carbocycles. The van der Waals surface area contributed by atoms with Gasteiger partial charge < -0.3 is 15.4 Å². The maximum absolute atomic E-state index is 12.9. The monoisotopic (exact) mass is 557 g/mol. The number of rotatable bonds is 7. The van der Waals surface area contributed by atoms with Crippen LogP contribution < -0.4 is 15.4 Å².